The van der Waals surface area contributed by atoms with Crippen LogP contribution in [0.5, 0.6) is 5.75 Å². The van der Waals surface area contributed by atoms with E-state index in [1.807, 2.05) is 32.0 Å². The first-order valence-corrected chi connectivity index (χ1v) is 7.81. The molecule has 0 aliphatic heterocycles. The van der Waals surface area contributed by atoms with E-state index >= 15 is 0 Å². The van der Waals surface area contributed by atoms with Gasteiger partial charge < -0.3 is 14.8 Å². The second-order valence-electron chi connectivity index (χ2n) is 5.33. The van der Waals surface area contributed by atoms with Crippen molar-refractivity contribution in [1.29, 1.82) is 0 Å². The zero-order valence-electron chi connectivity index (χ0n) is 14.0. The van der Waals surface area contributed by atoms with Crippen LogP contribution in [0.25, 0.3) is 0 Å². The Morgan fingerprint density at radius 2 is 1.75 bits per heavy atom. The molecule has 5 nitrogen and oxygen atoms in total. The summed E-state index contributed by atoms with van der Waals surface area (Å²) in [4.78, 5) is 24.3. The van der Waals surface area contributed by atoms with Gasteiger partial charge in [0.2, 0.25) is 0 Å². The van der Waals surface area contributed by atoms with Crippen LogP contribution in [0.4, 0.5) is 5.69 Å². The minimum Gasteiger partial charge on any atom is -0.492 e. The van der Waals surface area contributed by atoms with E-state index < -0.39 is 18.0 Å². The summed E-state index contributed by atoms with van der Waals surface area (Å²) in [5, 5.41) is 2.72. The summed E-state index contributed by atoms with van der Waals surface area (Å²) in [5.74, 6) is -0.372. The van der Waals surface area contributed by atoms with Gasteiger partial charge in [-0.1, -0.05) is 29.8 Å². The van der Waals surface area contributed by atoms with Gasteiger partial charge in [0.25, 0.3) is 5.91 Å². The summed E-state index contributed by atoms with van der Waals surface area (Å²) in [7, 11) is 0. The van der Waals surface area contributed by atoms with Crippen molar-refractivity contribution in [3.05, 3.63) is 59.7 Å². The number of rotatable bonds is 6. The maximum absolute atomic E-state index is 12.2. The Hall–Kier alpha value is -2.82. The molecule has 1 N–H and O–H groups in total. The van der Waals surface area contributed by atoms with Gasteiger partial charge in [-0.3, -0.25) is 4.79 Å². The number of aryl methyl sites for hydroxylation is 1. The number of ether oxygens (including phenoxy) is 2. The van der Waals surface area contributed by atoms with E-state index in [1.165, 1.54) is 6.92 Å². The molecule has 1 unspecified atom stereocenters. The third-order valence-corrected chi connectivity index (χ3v) is 3.39. The molecule has 0 saturated carbocycles. The Morgan fingerprint density at radius 1 is 1.08 bits per heavy atom. The molecule has 0 aliphatic rings. The number of carbonyl (C=O) groups is 2. The maximum Gasteiger partial charge on any atom is 0.338 e. The number of benzene rings is 2. The third kappa shape index (κ3) is 4.59. The highest BCUT2D eigenvalue weighted by Crippen LogP contribution is 2.24. The number of nitrogens with one attached hydrogen (secondary N) is 1. The van der Waals surface area contributed by atoms with Crippen LogP contribution in [0.3, 0.4) is 0 Å². The third-order valence-electron chi connectivity index (χ3n) is 3.39. The van der Waals surface area contributed by atoms with Crippen LogP contribution in [-0.2, 0) is 9.53 Å². The summed E-state index contributed by atoms with van der Waals surface area (Å²) in [5.41, 5.74) is 2.00. The average molecular weight is 327 g/mol. The van der Waals surface area contributed by atoms with Crippen LogP contribution >= 0.6 is 0 Å². The van der Waals surface area contributed by atoms with E-state index in [9.17, 15) is 9.59 Å². The fourth-order valence-corrected chi connectivity index (χ4v) is 2.06. The fraction of sp³-hybridized carbons (Fsp3) is 0.263. The van der Waals surface area contributed by atoms with Crippen molar-refractivity contribution in [2.75, 3.05) is 11.9 Å². The fourth-order valence-electron chi connectivity index (χ4n) is 2.06. The molecule has 0 aliphatic carbocycles. The second-order valence-corrected chi connectivity index (χ2v) is 5.33. The van der Waals surface area contributed by atoms with Gasteiger partial charge in [-0.15, -0.1) is 0 Å². The van der Waals surface area contributed by atoms with E-state index in [-0.39, 0.29) is 0 Å². The van der Waals surface area contributed by atoms with E-state index in [2.05, 4.69) is 5.32 Å². The topological polar surface area (TPSA) is 64.6 Å². The molecule has 0 bridgehead atoms. The normalized spacial score (nSPS) is 11.5. The highest BCUT2D eigenvalue weighted by molar-refractivity contribution is 5.98. The molecule has 1 amide bonds. The Kier molecular flexibility index (Phi) is 5.95. The van der Waals surface area contributed by atoms with Crippen molar-refractivity contribution >= 4 is 17.6 Å². The van der Waals surface area contributed by atoms with Gasteiger partial charge in [0.05, 0.1) is 17.9 Å². The molecular weight excluding hydrogens is 306 g/mol. The molecule has 0 aromatic heterocycles. The summed E-state index contributed by atoms with van der Waals surface area (Å²) in [6.45, 7) is 5.82. The Labute approximate surface area is 141 Å². The summed E-state index contributed by atoms with van der Waals surface area (Å²) in [6, 6.07) is 14.1. The molecule has 2 aromatic carbocycles. The van der Waals surface area contributed by atoms with E-state index in [1.54, 1.807) is 30.3 Å². The lowest BCUT2D eigenvalue weighted by atomic mass is 10.1. The van der Waals surface area contributed by atoms with Crippen LogP contribution in [0, 0.1) is 6.92 Å². The number of anilines is 1. The predicted molar refractivity (Wildman–Crippen MR) is 92.3 cm³/mol. The predicted octanol–water partition coefficient (Wildman–Crippen LogP) is 3.58. The van der Waals surface area contributed by atoms with Gasteiger partial charge in [0.15, 0.2) is 6.10 Å². The first-order valence-electron chi connectivity index (χ1n) is 7.81. The molecule has 0 fully saturated rings. The standard InChI is InChI=1S/C19H21NO4/c1-4-23-17-8-6-5-7-16(17)20-18(21)14(3)24-19(22)15-11-9-13(2)10-12-15/h5-12,14H,4H2,1-3H3,(H,20,21). The van der Waals surface area contributed by atoms with Gasteiger partial charge in [0, 0.05) is 0 Å². The quantitative estimate of drug-likeness (QED) is 0.824. The molecule has 0 heterocycles. The van der Waals surface area contributed by atoms with Crippen LogP contribution in [-0.4, -0.2) is 24.6 Å². The van der Waals surface area contributed by atoms with Crippen LogP contribution in [0.1, 0.15) is 29.8 Å². The van der Waals surface area contributed by atoms with Crippen molar-refractivity contribution in [2.45, 2.75) is 26.9 Å². The van der Waals surface area contributed by atoms with E-state index in [0.717, 1.165) is 5.56 Å². The van der Waals surface area contributed by atoms with Crippen LogP contribution < -0.4 is 10.1 Å². The van der Waals surface area contributed by atoms with Crippen molar-refractivity contribution in [3.8, 4) is 5.75 Å². The Bertz CT molecular complexity index is 710. The SMILES string of the molecule is CCOc1ccccc1NC(=O)C(C)OC(=O)c1ccc(C)cc1. The van der Waals surface area contributed by atoms with Gasteiger partial charge in [0.1, 0.15) is 5.75 Å². The van der Waals surface area contributed by atoms with Crippen molar-refractivity contribution in [3.63, 3.8) is 0 Å². The van der Waals surface area contributed by atoms with Gasteiger partial charge in [-0.05, 0) is 45.0 Å². The number of hydrogen-bond acceptors (Lipinski definition) is 4. The first kappa shape index (κ1) is 17.5. The first-order chi connectivity index (χ1) is 11.5. The highest BCUT2D eigenvalue weighted by atomic mass is 16.5. The summed E-state index contributed by atoms with van der Waals surface area (Å²) < 4.78 is 10.7. The highest BCUT2D eigenvalue weighted by Gasteiger charge is 2.20. The zero-order valence-corrected chi connectivity index (χ0v) is 14.0. The molecule has 0 radical (unpaired) electrons. The summed E-state index contributed by atoms with van der Waals surface area (Å²) in [6.07, 6.45) is -0.923. The minimum absolute atomic E-state index is 0.412. The molecule has 0 saturated heterocycles. The lowest BCUT2D eigenvalue weighted by Crippen LogP contribution is -2.30. The Balaban J connectivity index is 1.99. The Morgan fingerprint density at radius 3 is 2.42 bits per heavy atom. The number of amides is 1. The molecular formula is C19H21NO4. The van der Waals surface area contributed by atoms with Crippen molar-refractivity contribution in [1.82, 2.24) is 0 Å². The van der Waals surface area contributed by atoms with Crippen molar-refractivity contribution in [2.24, 2.45) is 0 Å². The van der Waals surface area contributed by atoms with Gasteiger partial charge in [-0.2, -0.15) is 0 Å². The zero-order chi connectivity index (χ0) is 17.5. The largest absolute Gasteiger partial charge is 0.492 e. The maximum atomic E-state index is 12.2. The monoisotopic (exact) mass is 327 g/mol. The van der Waals surface area contributed by atoms with E-state index in [0.29, 0.717) is 23.6 Å². The number of hydrogen-bond donors (Lipinski definition) is 1. The lowest BCUT2D eigenvalue weighted by Gasteiger charge is -2.15. The smallest absolute Gasteiger partial charge is 0.338 e. The average Bonchev–Trinajstić information content (AvgIpc) is 2.57. The number of carbonyl (C=O) groups excluding carboxylic acids is 2. The van der Waals surface area contributed by atoms with Crippen LogP contribution in [0.15, 0.2) is 48.5 Å². The lowest BCUT2D eigenvalue weighted by molar-refractivity contribution is -0.123. The molecule has 2 aromatic rings. The van der Waals surface area contributed by atoms with Crippen LogP contribution in [0.2, 0.25) is 0 Å². The van der Waals surface area contributed by atoms with Gasteiger partial charge >= 0.3 is 5.97 Å². The van der Waals surface area contributed by atoms with Gasteiger partial charge in [-0.25, -0.2) is 4.79 Å². The second kappa shape index (κ2) is 8.15. The van der Waals surface area contributed by atoms with Crippen molar-refractivity contribution < 1.29 is 19.1 Å². The molecule has 24 heavy (non-hydrogen) atoms. The molecule has 5 heteroatoms. The number of esters is 1. The molecule has 1 atom stereocenters. The molecule has 126 valence electrons. The summed E-state index contributed by atoms with van der Waals surface area (Å²) >= 11 is 0. The number of para-hydroxylation sites is 2. The molecule has 0 spiro atoms. The molecule has 2 rings (SSSR count). The minimum atomic E-state index is -0.923. The van der Waals surface area contributed by atoms with E-state index in [4.69, 9.17) is 9.47 Å².